The molecule has 1 N–H and O–H groups in total. The lowest BCUT2D eigenvalue weighted by atomic mass is 10.3. The van der Waals surface area contributed by atoms with Crippen LogP contribution < -0.4 is 10.1 Å². The van der Waals surface area contributed by atoms with Crippen molar-refractivity contribution in [3.8, 4) is 17.6 Å². The van der Waals surface area contributed by atoms with Crippen LogP contribution in [0.15, 0.2) is 47.9 Å². The monoisotopic (exact) mass is 315 g/mol. The molecule has 0 aliphatic rings. The zero-order valence-electron chi connectivity index (χ0n) is 11.7. The van der Waals surface area contributed by atoms with Crippen molar-refractivity contribution in [2.75, 3.05) is 13.2 Å². The molecular formula is C17H14FNO2S. The van der Waals surface area contributed by atoms with Gasteiger partial charge in [0.2, 0.25) is 5.91 Å². The van der Waals surface area contributed by atoms with Gasteiger partial charge in [-0.15, -0.1) is 11.3 Å². The highest BCUT2D eigenvalue weighted by Gasteiger charge is 1.98. The fourth-order valence-corrected chi connectivity index (χ4v) is 2.14. The summed E-state index contributed by atoms with van der Waals surface area (Å²) in [5, 5.41) is 4.57. The summed E-state index contributed by atoms with van der Waals surface area (Å²) >= 11 is 1.56. The van der Waals surface area contributed by atoms with Crippen LogP contribution in [0.25, 0.3) is 6.08 Å². The van der Waals surface area contributed by atoms with Gasteiger partial charge in [0.25, 0.3) is 0 Å². The third-order valence-electron chi connectivity index (χ3n) is 2.55. The summed E-state index contributed by atoms with van der Waals surface area (Å²) in [6.07, 6.45) is 3.21. The molecule has 1 aromatic carbocycles. The third kappa shape index (κ3) is 5.43. The lowest BCUT2D eigenvalue weighted by molar-refractivity contribution is -0.116. The zero-order valence-corrected chi connectivity index (χ0v) is 12.5. The van der Waals surface area contributed by atoms with Gasteiger partial charge in [0.05, 0.1) is 6.54 Å². The summed E-state index contributed by atoms with van der Waals surface area (Å²) in [5.41, 5.74) is 0. The van der Waals surface area contributed by atoms with Gasteiger partial charge in [-0.3, -0.25) is 4.79 Å². The van der Waals surface area contributed by atoms with E-state index in [1.807, 2.05) is 17.5 Å². The SMILES string of the molecule is O=C(/C=C/c1cccs1)NCC#CCOc1ccccc1F. The van der Waals surface area contributed by atoms with Crippen LogP contribution in [0.3, 0.4) is 0 Å². The average Bonchev–Trinajstić information content (AvgIpc) is 3.04. The number of carbonyl (C=O) groups is 1. The molecule has 22 heavy (non-hydrogen) atoms. The van der Waals surface area contributed by atoms with Gasteiger partial charge in [-0.05, 0) is 29.7 Å². The number of thiophene rings is 1. The third-order valence-corrected chi connectivity index (χ3v) is 3.39. The summed E-state index contributed by atoms with van der Waals surface area (Å²) in [6.45, 7) is 0.288. The molecule has 0 spiro atoms. The van der Waals surface area contributed by atoms with E-state index in [1.54, 1.807) is 29.5 Å². The summed E-state index contributed by atoms with van der Waals surface area (Å²) in [7, 11) is 0. The molecule has 5 heteroatoms. The number of amides is 1. The first-order valence-corrected chi connectivity index (χ1v) is 7.46. The number of para-hydroxylation sites is 1. The highest BCUT2D eigenvalue weighted by atomic mass is 32.1. The van der Waals surface area contributed by atoms with E-state index in [2.05, 4.69) is 17.2 Å². The van der Waals surface area contributed by atoms with E-state index in [9.17, 15) is 9.18 Å². The van der Waals surface area contributed by atoms with Gasteiger partial charge in [0, 0.05) is 11.0 Å². The van der Waals surface area contributed by atoms with Crippen molar-refractivity contribution in [1.29, 1.82) is 0 Å². The molecule has 0 bridgehead atoms. The molecule has 0 radical (unpaired) electrons. The van der Waals surface area contributed by atoms with Crippen molar-refractivity contribution in [3.63, 3.8) is 0 Å². The molecule has 0 atom stereocenters. The first kappa shape index (κ1) is 15.8. The number of hydrogen-bond acceptors (Lipinski definition) is 3. The molecule has 0 saturated heterocycles. The first-order valence-electron chi connectivity index (χ1n) is 6.58. The molecule has 1 heterocycles. The van der Waals surface area contributed by atoms with Crippen LogP contribution in [0.5, 0.6) is 5.75 Å². The van der Waals surface area contributed by atoms with Crippen LogP contribution >= 0.6 is 11.3 Å². The Labute approximate surface area is 132 Å². The van der Waals surface area contributed by atoms with Gasteiger partial charge in [0.15, 0.2) is 11.6 Å². The van der Waals surface area contributed by atoms with Gasteiger partial charge in [-0.1, -0.05) is 30.0 Å². The minimum absolute atomic E-state index is 0.0713. The Hall–Kier alpha value is -2.58. The molecule has 3 nitrogen and oxygen atoms in total. The van der Waals surface area contributed by atoms with Crippen molar-refractivity contribution in [3.05, 3.63) is 58.5 Å². The van der Waals surface area contributed by atoms with Crippen LogP contribution in [0, 0.1) is 17.7 Å². The van der Waals surface area contributed by atoms with Crippen molar-refractivity contribution < 1.29 is 13.9 Å². The van der Waals surface area contributed by atoms with Crippen molar-refractivity contribution in [1.82, 2.24) is 5.32 Å². The highest BCUT2D eigenvalue weighted by Crippen LogP contribution is 2.14. The highest BCUT2D eigenvalue weighted by molar-refractivity contribution is 7.10. The predicted octanol–water partition coefficient (Wildman–Crippen LogP) is 3.10. The number of hydrogen-bond donors (Lipinski definition) is 1. The topological polar surface area (TPSA) is 38.3 Å². The Morgan fingerprint density at radius 3 is 2.91 bits per heavy atom. The van der Waals surface area contributed by atoms with E-state index < -0.39 is 5.82 Å². The molecular weight excluding hydrogens is 301 g/mol. The van der Waals surface area contributed by atoms with E-state index in [4.69, 9.17) is 4.74 Å². The maximum absolute atomic E-state index is 13.2. The molecule has 0 saturated carbocycles. The molecule has 2 rings (SSSR count). The molecule has 0 fully saturated rings. The zero-order chi connectivity index (χ0) is 15.6. The second-order valence-corrected chi connectivity index (χ2v) is 5.12. The number of rotatable bonds is 5. The van der Waals surface area contributed by atoms with E-state index in [1.165, 1.54) is 18.2 Å². The lowest BCUT2D eigenvalue weighted by Crippen LogP contribution is -2.21. The molecule has 0 aliphatic carbocycles. The number of ether oxygens (including phenoxy) is 1. The van der Waals surface area contributed by atoms with Gasteiger partial charge >= 0.3 is 0 Å². The van der Waals surface area contributed by atoms with Gasteiger partial charge in [-0.25, -0.2) is 4.39 Å². The van der Waals surface area contributed by atoms with Crippen LogP contribution in [0.4, 0.5) is 4.39 Å². The van der Waals surface area contributed by atoms with Crippen LogP contribution in [-0.2, 0) is 4.79 Å². The molecule has 112 valence electrons. The molecule has 1 aromatic heterocycles. The van der Waals surface area contributed by atoms with Crippen molar-refractivity contribution >= 4 is 23.3 Å². The second kappa shape index (κ2) is 8.65. The summed E-state index contributed by atoms with van der Waals surface area (Å²) in [6, 6.07) is 9.98. The normalized spacial score (nSPS) is 10.0. The van der Waals surface area contributed by atoms with Crippen LogP contribution in [-0.4, -0.2) is 19.1 Å². The van der Waals surface area contributed by atoms with Crippen molar-refractivity contribution in [2.45, 2.75) is 0 Å². The Morgan fingerprint density at radius 1 is 1.27 bits per heavy atom. The quantitative estimate of drug-likeness (QED) is 0.680. The smallest absolute Gasteiger partial charge is 0.244 e. The van der Waals surface area contributed by atoms with Gasteiger partial charge in [0.1, 0.15) is 6.61 Å². The fraction of sp³-hybridized carbons (Fsp3) is 0.118. The van der Waals surface area contributed by atoms with Gasteiger partial charge < -0.3 is 10.1 Å². The van der Waals surface area contributed by atoms with Crippen LogP contribution in [0.2, 0.25) is 0 Å². The summed E-state index contributed by atoms with van der Waals surface area (Å²) in [4.78, 5) is 12.5. The maximum Gasteiger partial charge on any atom is 0.244 e. The van der Waals surface area contributed by atoms with E-state index >= 15 is 0 Å². The minimum atomic E-state index is -0.420. The summed E-state index contributed by atoms with van der Waals surface area (Å²) in [5.74, 6) is 4.98. The van der Waals surface area contributed by atoms with E-state index in [0.29, 0.717) is 0 Å². The number of nitrogens with one attached hydrogen (secondary N) is 1. The Kier molecular flexibility index (Phi) is 6.21. The van der Waals surface area contributed by atoms with Crippen molar-refractivity contribution in [2.24, 2.45) is 0 Å². The Morgan fingerprint density at radius 2 is 2.14 bits per heavy atom. The fourth-order valence-electron chi connectivity index (χ4n) is 1.52. The second-order valence-electron chi connectivity index (χ2n) is 4.14. The van der Waals surface area contributed by atoms with Gasteiger partial charge in [-0.2, -0.15) is 0 Å². The molecule has 1 amide bonds. The standard InChI is InChI=1S/C17H14FNO2S/c18-15-7-1-2-8-16(15)21-12-4-3-11-19-17(20)10-9-14-6-5-13-22-14/h1-2,5-10,13H,11-12H2,(H,19,20)/b10-9+. The lowest BCUT2D eigenvalue weighted by Gasteiger charge is -2.01. The Balaban J connectivity index is 1.66. The predicted molar refractivity (Wildman–Crippen MR) is 86.0 cm³/mol. The number of carbonyl (C=O) groups excluding carboxylic acids is 1. The first-order chi connectivity index (χ1) is 10.8. The molecule has 2 aromatic rings. The number of halogens is 1. The van der Waals surface area contributed by atoms with E-state index in [0.717, 1.165) is 4.88 Å². The van der Waals surface area contributed by atoms with E-state index in [-0.39, 0.29) is 24.8 Å². The Bertz CT molecular complexity index is 699. The average molecular weight is 315 g/mol. The minimum Gasteiger partial charge on any atom is -0.478 e. The number of benzene rings is 1. The maximum atomic E-state index is 13.2. The molecule has 0 aliphatic heterocycles. The largest absolute Gasteiger partial charge is 0.478 e. The van der Waals surface area contributed by atoms with Crippen LogP contribution in [0.1, 0.15) is 4.88 Å². The summed E-state index contributed by atoms with van der Waals surface area (Å²) < 4.78 is 18.4. The molecule has 0 unspecified atom stereocenters.